The van der Waals surface area contributed by atoms with E-state index in [1.165, 1.54) is 0 Å². The van der Waals surface area contributed by atoms with Gasteiger partial charge in [-0.25, -0.2) is 8.42 Å². The third-order valence-corrected chi connectivity index (χ3v) is 6.64. The maximum Gasteiger partial charge on any atom is 0.243 e. The number of nitrogens with zero attached hydrogens (tertiary/aromatic N) is 2. The molecule has 8 nitrogen and oxygen atoms in total. The Morgan fingerprint density at radius 3 is 2.19 bits per heavy atom. The predicted octanol–water partition coefficient (Wildman–Crippen LogP) is 2.77. The molecule has 9 heteroatoms. The zero-order valence-corrected chi connectivity index (χ0v) is 19.8. The Bertz CT molecular complexity index is 1040. The van der Waals surface area contributed by atoms with Gasteiger partial charge in [-0.3, -0.25) is 9.10 Å². The molecule has 0 saturated heterocycles. The highest BCUT2D eigenvalue weighted by molar-refractivity contribution is 7.92. The SMILES string of the molecule is CCN(CC)c1ccc(CNC(=O)[C@@H](C)N(c2ccc3c(c2)OCCO3)S(C)(=O)=O)cc1. The zero-order chi connectivity index (χ0) is 23.3. The van der Waals surface area contributed by atoms with Crippen molar-refractivity contribution in [2.45, 2.75) is 33.4 Å². The third kappa shape index (κ3) is 5.45. The second-order valence-electron chi connectivity index (χ2n) is 7.62. The summed E-state index contributed by atoms with van der Waals surface area (Å²) in [7, 11) is -3.72. The highest BCUT2D eigenvalue weighted by atomic mass is 32.2. The molecule has 1 aliphatic heterocycles. The lowest BCUT2D eigenvalue weighted by Gasteiger charge is -2.29. The van der Waals surface area contributed by atoms with E-state index < -0.39 is 22.0 Å². The van der Waals surface area contributed by atoms with Gasteiger partial charge in [-0.1, -0.05) is 12.1 Å². The highest BCUT2D eigenvalue weighted by Gasteiger charge is 2.30. The van der Waals surface area contributed by atoms with E-state index in [1.54, 1.807) is 25.1 Å². The monoisotopic (exact) mass is 461 g/mol. The van der Waals surface area contributed by atoms with Crippen molar-refractivity contribution in [3.8, 4) is 11.5 Å². The van der Waals surface area contributed by atoms with Crippen molar-refractivity contribution >= 4 is 27.3 Å². The van der Waals surface area contributed by atoms with Crippen molar-refractivity contribution in [1.29, 1.82) is 0 Å². The van der Waals surface area contributed by atoms with Crippen molar-refractivity contribution in [1.82, 2.24) is 5.32 Å². The topological polar surface area (TPSA) is 88.2 Å². The van der Waals surface area contributed by atoms with Crippen LogP contribution in [0.15, 0.2) is 42.5 Å². The first kappa shape index (κ1) is 23.7. The number of carbonyl (C=O) groups is 1. The van der Waals surface area contributed by atoms with E-state index in [-0.39, 0.29) is 0 Å². The first-order valence-electron chi connectivity index (χ1n) is 10.7. The van der Waals surface area contributed by atoms with Crippen LogP contribution >= 0.6 is 0 Å². The normalized spacial score (nSPS) is 13.9. The van der Waals surface area contributed by atoms with E-state index in [2.05, 4.69) is 24.1 Å². The van der Waals surface area contributed by atoms with Crippen LogP contribution in [0.4, 0.5) is 11.4 Å². The van der Waals surface area contributed by atoms with Gasteiger partial charge in [0.25, 0.3) is 0 Å². The summed E-state index contributed by atoms with van der Waals surface area (Å²) in [6.45, 7) is 8.76. The Labute approximate surface area is 190 Å². The van der Waals surface area contributed by atoms with Gasteiger partial charge < -0.3 is 19.7 Å². The smallest absolute Gasteiger partial charge is 0.243 e. The molecule has 2 aromatic carbocycles. The van der Waals surface area contributed by atoms with Crippen molar-refractivity contribution in [3.63, 3.8) is 0 Å². The molecular weight excluding hydrogens is 430 g/mol. The minimum absolute atomic E-state index is 0.306. The predicted molar refractivity (Wildman–Crippen MR) is 126 cm³/mol. The quantitative estimate of drug-likeness (QED) is 0.618. The summed E-state index contributed by atoms with van der Waals surface area (Å²) in [5.74, 6) is 0.625. The van der Waals surface area contributed by atoms with Crippen LogP contribution in [-0.2, 0) is 21.4 Å². The van der Waals surface area contributed by atoms with Gasteiger partial charge in [0, 0.05) is 31.4 Å². The molecule has 0 unspecified atom stereocenters. The number of ether oxygens (including phenoxy) is 2. The number of rotatable bonds is 9. The molecule has 0 radical (unpaired) electrons. The summed E-state index contributed by atoms with van der Waals surface area (Å²) in [5, 5.41) is 2.85. The molecule has 1 heterocycles. The van der Waals surface area contributed by atoms with Gasteiger partial charge in [0.2, 0.25) is 15.9 Å². The van der Waals surface area contributed by atoms with E-state index in [0.717, 1.165) is 34.9 Å². The lowest BCUT2D eigenvalue weighted by molar-refractivity contribution is -0.122. The van der Waals surface area contributed by atoms with Crippen LogP contribution in [0.25, 0.3) is 0 Å². The third-order valence-electron chi connectivity index (χ3n) is 5.40. The number of benzene rings is 2. The largest absolute Gasteiger partial charge is 0.486 e. The molecule has 1 aliphatic rings. The molecule has 0 aliphatic carbocycles. The summed E-state index contributed by atoms with van der Waals surface area (Å²) in [5.41, 5.74) is 2.41. The zero-order valence-electron chi connectivity index (χ0n) is 19.0. The van der Waals surface area contributed by atoms with Crippen molar-refractivity contribution in [2.24, 2.45) is 0 Å². The molecular formula is C23H31N3O5S. The minimum atomic E-state index is -3.72. The number of hydrogen-bond donors (Lipinski definition) is 1. The number of hydrogen-bond acceptors (Lipinski definition) is 6. The molecule has 0 fully saturated rings. The van der Waals surface area contributed by atoms with E-state index >= 15 is 0 Å². The maximum atomic E-state index is 12.9. The molecule has 0 aromatic heterocycles. The number of sulfonamides is 1. The maximum absolute atomic E-state index is 12.9. The van der Waals surface area contributed by atoms with Crippen LogP contribution in [0.2, 0.25) is 0 Å². The van der Waals surface area contributed by atoms with Crippen LogP contribution in [0.5, 0.6) is 11.5 Å². The van der Waals surface area contributed by atoms with E-state index in [1.807, 2.05) is 24.3 Å². The van der Waals surface area contributed by atoms with Crippen LogP contribution in [0.1, 0.15) is 26.3 Å². The van der Waals surface area contributed by atoms with Crippen molar-refractivity contribution in [2.75, 3.05) is 41.8 Å². The van der Waals surface area contributed by atoms with E-state index in [4.69, 9.17) is 9.47 Å². The molecule has 1 atom stereocenters. The summed E-state index contributed by atoms with van der Waals surface area (Å²) in [4.78, 5) is 15.1. The fourth-order valence-corrected chi connectivity index (χ4v) is 4.89. The Balaban J connectivity index is 1.72. The summed E-state index contributed by atoms with van der Waals surface area (Å²) in [6.07, 6.45) is 1.08. The fraction of sp³-hybridized carbons (Fsp3) is 0.435. The Morgan fingerprint density at radius 2 is 1.59 bits per heavy atom. The van der Waals surface area contributed by atoms with Crippen LogP contribution in [0.3, 0.4) is 0 Å². The van der Waals surface area contributed by atoms with Gasteiger partial charge in [0.05, 0.1) is 11.9 Å². The number of amides is 1. The fourth-order valence-electron chi connectivity index (χ4n) is 3.73. The second-order valence-corrected chi connectivity index (χ2v) is 9.48. The van der Waals surface area contributed by atoms with Gasteiger partial charge in [0.15, 0.2) is 11.5 Å². The second kappa shape index (κ2) is 10.1. The molecule has 0 spiro atoms. The van der Waals surface area contributed by atoms with Gasteiger partial charge in [-0.05, 0) is 50.6 Å². The van der Waals surface area contributed by atoms with Crippen molar-refractivity contribution < 1.29 is 22.7 Å². The summed E-state index contributed by atoms with van der Waals surface area (Å²) >= 11 is 0. The van der Waals surface area contributed by atoms with E-state index in [0.29, 0.717) is 36.9 Å². The molecule has 3 rings (SSSR count). The first-order chi connectivity index (χ1) is 15.2. The van der Waals surface area contributed by atoms with Crippen LogP contribution < -0.4 is 24.0 Å². The van der Waals surface area contributed by atoms with Crippen LogP contribution in [-0.4, -0.2) is 52.9 Å². The Kier molecular flexibility index (Phi) is 7.50. The summed E-state index contributed by atoms with van der Waals surface area (Å²) < 4.78 is 37.3. The molecule has 1 amide bonds. The Hall–Kier alpha value is -2.94. The average Bonchev–Trinajstić information content (AvgIpc) is 2.78. The standard InChI is InChI=1S/C23H31N3O5S/c1-5-25(6-2)19-9-7-18(8-10-19)16-24-23(27)17(3)26(32(4,28)29)20-11-12-21-22(15-20)31-14-13-30-21/h7-12,15,17H,5-6,13-14,16H2,1-4H3,(H,24,27)/t17-/m1/s1. The number of fused-ring (bicyclic) bond motifs is 1. The van der Waals surface area contributed by atoms with Gasteiger partial charge in [-0.2, -0.15) is 0 Å². The molecule has 0 bridgehead atoms. The molecule has 2 aromatic rings. The molecule has 32 heavy (non-hydrogen) atoms. The van der Waals surface area contributed by atoms with Crippen LogP contribution in [0, 0.1) is 0 Å². The van der Waals surface area contributed by atoms with Gasteiger partial charge in [-0.15, -0.1) is 0 Å². The average molecular weight is 462 g/mol. The molecule has 0 saturated carbocycles. The number of carbonyl (C=O) groups excluding carboxylic acids is 1. The van der Waals surface area contributed by atoms with E-state index in [9.17, 15) is 13.2 Å². The molecule has 1 N–H and O–H groups in total. The first-order valence-corrected chi connectivity index (χ1v) is 12.6. The minimum Gasteiger partial charge on any atom is -0.486 e. The number of anilines is 2. The molecule has 174 valence electrons. The lowest BCUT2D eigenvalue weighted by Crippen LogP contribution is -2.47. The Morgan fingerprint density at radius 1 is 1.00 bits per heavy atom. The van der Waals surface area contributed by atoms with Crippen molar-refractivity contribution in [3.05, 3.63) is 48.0 Å². The highest BCUT2D eigenvalue weighted by Crippen LogP contribution is 2.35. The lowest BCUT2D eigenvalue weighted by atomic mass is 10.2. The van der Waals surface area contributed by atoms with Gasteiger partial charge in [0.1, 0.15) is 19.3 Å². The summed E-state index contributed by atoms with van der Waals surface area (Å²) in [6, 6.07) is 11.9. The number of nitrogens with one attached hydrogen (secondary N) is 1. The van der Waals surface area contributed by atoms with Gasteiger partial charge >= 0.3 is 0 Å².